The largest absolute Gasteiger partial charge is 0.399 e. The molecular weight excluding hydrogens is 360 g/mol. The highest BCUT2D eigenvalue weighted by molar-refractivity contribution is 7.89. The number of aromatic nitrogens is 1. The lowest BCUT2D eigenvalue weighted by Gasteiger charge is -2.15. The first kappa shape index (κ1) is 19.3. The molecule has 6 nitrogen and oxygen atoms in total. The first-order chi connectivity index (χ1) is 12.9. The molecule has 0 spiro atoms. The van der Waals surface area contributed by atoms with Crippen LogP contribution in [0.1, 0.15) is 12.5 Å². The lowest BCUT2D eigenvalue weighted by molar-refractivity contribution is 0.537. The Morgan fingerprint density at radius 1 is 1.07 bits per heavy atom. The number of benzene rings is 2. The molecule has 0 saturated carbocycles. The van der Waals surface area contributed by atoms with E-state index >= 15 is 0 Å². The summed E-state index contributed by atoms with van der Waals surface area (Å²) >= 11 is 0. The van der Waals surface area contributed by atoms with Gasteiger partial charge in [-0.1, -0.05) is 18.2 Å². The Morgan fingerprint density at radius 2 is 1.85 bits per heavy atom. The van der Waals surface area contributed by atoms with E-state index in [1.54, 1.807) is 36.7 Å². The average molecular weight is 385 g/mol. The molecule has 3 rings (SSSR count). The first-order valence-corrected chi connectivity index (χ1v) is 10.3. The van der Waals surface area contributed by atoms with Crippen LogP contribution in [0, 0.1) is 0 Å². The van der Waals surface area contributed by atoms with Gasteiger partial charge in [0, 0.05) is 36.1 Å². The van der Waals surface area contributed by atoms with Crippen molar-refractivity contribution in [1.29, 1.82) is 0 Å². The molecule has 142 valence electrons. The number of nitrogens with zero attached hydrogens (tertiary/aromatic N) is 1. The van der Waals surface area contributed by atoms with Crippen LogP contribution in [0.4, 0.5) is 5.69 Å². The summed E-state index contributed by atoms with van der Waals surface area (Å²) in [4.78, 5) is 4.30. The number of hydrogen-bond donors (Lipinski definition) is 3. The van der Waals surface area contributed by atoms with Crippen LogP contribution in [0.5, 0.6) is 0 Å². The van der Waals surface area contributed by atoms with Crippen LogP contribution in [-0.2, 0) is 16.4 Å². The summed E-state index contributed by atoms with van der Waals surface area (Å²) < 4.78 is 27.9. The van der Waals surface area contributed by atoms with E-state index in [9.17, 15) is 8.42 Å². The molecule has 0 fully saturated rings. The van der Waals surface area contributed by atoms with Gasteiger partial charge >= 0.3 is 0 Å². The molecule has 0 radical (unpaired) electrons. The molecule has 0 aliphatic rings. The number of fused-ring (bicyclic) bond motifs is 1. The summed E-state index contributed by atoms with van der Waals surface area (Å²) in [5.74, 6) is 0. The van der Waals surface area contributed by atoms with Crippen molar-refractivity contribution in [3.63, 3.8) is 0 Å². The van der Waals surface area contributed by atoms with Gasteiger partial charge in [0.1, 0.15) is 0 Å². The van der Waals surface area contributed by atoms with E-state index in [0.29, 0.717) is 6.54 Å². The summed E-state index contributed by atoms with van der Waals surface area (Å²) in [5.41, 5.74) is 7.61. The van der Waals surface area contributed by atoms with Crippen molar-refractivity contribution in [3.8, 4) is 0 Å². The van der Waals surface area contributed by atoms with Crippen LogP contribution < -0.4 is 15.8 Å². The molecule has 0 bridgehead atoms. The Bertz CT molecular complexity index is 1000. The summed E-state index contributed by atoms with van der Waals surface area (Å²) in [6, 6.07) is 14.4. The van der Waals surface area contributed by atoms with Gasteiger partial charge in [-0.3, -0.25) is 4.98 Å². The molecule has 0 saturated heterocycles. The van der Waals surface area contributed by atoms with Crippen LogP contribution in [0.3, 0.4) is 0 Å². The van der Waals surface area contributed by atoms with E-state index in [1.807, 2.05) is 31.2 Å². The monoisotopic (exact) mass is 384 g/mol. The SMILES string of the molecule is C[C@H](CNCCc1ccc(N)cc1)NS(=O)(=O)c1ccc2cnccc2c1. The summed E-state index contributed by atoms with van der Waals surface area (Å²) in [6.07, 6.45) is 4.23. The van der Waals surface area contributed by atoms with Crippen LogP contribution in [-0.4, -0.2) is 32.5 Å². The lowest BCUT2D eigenvalue weighted by Crippen LogP contribution is -2.40. The van der Waals surface area contributed by atoms with Crippen LogP contribution in [0.2, 0.25) is 0 Å². The molecule has 1 aromatic heterocycles. The second kappa shape index (κ2) is 8.47. The highest BCUT2D eigenvalue weighted by Gasteiger charge is 2.17. The van der Waals surface area contributed by atoms with Crippen molar-refractivity contribution >= 4 is 26.5 Å². The predicted octanol–water partition coefficient (Wildman–Crippen LogP) is 2.32. The molecule has 0 aliphatic heterocycles. The van der Waals surface area contributed by atoms with Crippen molar-refractivity contribution in [3.05, 3.63) is 66.5 Å². The summed E-state index contributed by atoms with van der Waals surface area (Å²) in [5, 5.41) is 5.05. The molecule has 1 atom stereocenters. The first-order valence-electron chi connectivity index (χ1n) is 8.85. The number of nitrogens with two attached hydrogens (primary N) is 1. The van der Waals surface area contributed by atoms with E-state index < -0.39 is 10.0 Å². The van der Waals surface area contributed by atoms with Crippen LogP contribution >= 0.6 is 0 Å². The fraction of sp³-hybridized carbons (Fsp3) is 0.250. The van der Waals surface area contributed by atoms with Crippen molar-refractivity contribution in [2.75, 3.05) is 18.8 Å². The fourth-order valence-electron chi connectivity index (χ4n) is 2.84. The maximum Gasteiger partial charge on any atom is 0.240 e. The van der Waals surface area contributed by atoms with Gasteiger partial charge in [-0.15, -0.1) is 0 Å². The molecule has 0 aliphatic carbocycles. The van der Waals surface area contributed by atoms with Crippen LogP contribution in [0.15, 0.2) is 65.8 Å². The van der Waals surface area contributed by atoms with Crippen molar-refractivity contribution < 1.29 is 8.42 Å². The third-order valence-corrected chi connectivity index (χ3v) is 5.89. The topological polar surface area (TPSA) is 97.1 Å². The molecule has 4 N–H and O–H groups in total. The Balaban J connectivity index is 1.52. The third-order valence-electron chi connectivity index (χ3n) is 4.30. The van der Waals surface area contributed by atoms with Gasteiger partial charge in [0.25, 0.3) is 0 Å². The van der Waals surface area contributed by atoms with Gasteiger partial charge in [-0.2, -0.15) is 0 Å². The molecule has 0 amide bonds. The zero-order valence-electron chi connectivity index (χ0n) is 15.2. The minimum absolute atomic E-state index is 0.227. The standard InChI is InChI=1S/C20H24N4O2S/c1-15(13-22-10-8-16-2-5-19(21)6-3-16)24-27(25,26)20-7-4-18-14-23-11-9-17(18)12-20/h2-7,9,11-12,14-15,22,24H,8,10,13,21H2,1H3/t15-/m1/s1. The number of anilines is 1. The second-order valence-electron chi connectivity index (χ2n) is 6.60. The fourth-order valence-corrected chi connectivity index (χ4v) is 4.12. The van der Waals surface area contributed by atoms with E-state index in [1.165, 1.54) is 5.56 Å². The molecular formula is C20H24N4O2S. The Hall–Kier alpha value is -2.48. The quantitative estimate of drug-likeness (QED) is 0.409. The Kier molecular flexibility index (Phi) is 6.05. The predicted molar refractivity (Wildman–Crippen MR) is 109 cm³/mol. The maximum atomic E-state index is 12.6. The van der Waals surface area contributed by atoms with Gasteiger partial charge in [0.05, 0.1) is 4.90 Å². The zero-order valence-corrected chi connectivity index (χ0v) is 16.0. The highest BCUT2D eigenvalue weighted by atomic mass is 32.2. The molecule has 27 heavy (non-hydrogen) atoms. The normalized spacial score (nSPS) is 12.9. The smallest absolute Gasteiger partial charge is 0.240 e. The van der Waals surface area contributed by atoms with Crippen LogP contribution in [0.25, 0.3) is 10.8 Å². The van der Waals surface area contributed by atoms with Crippen molar-refractivity contribution in [2.24, 2.45) is 0 Å². The van der Waals surface area contributed by atoms with E-state index in [4.69, 9.17) is 5.73 Å². The number of sulfonamides is 1. The molecule has 1 heterocycles. The summed E-state index contributed by atoms with van der Waals surface area (Å²) in [7, 11) is -3.57. The highest BCUT2D eigenvalue weighted by Crippen LogP contribution is 2.18. The number of nitrogen functional groups attached to an aromatic ring is 1. The maximum absolute atomic E-state index is 12.6. The van der Waals surface area contributed by atoms with E-state index in [2.05, 4.69) is 15.0 Å². The number of nitrogens with one attached hydrogen (secondary N) is 2. The van der Waals surface area contributed by atoms with E-state index in [-0.39, 0.29) is 10.9 Å². The summed E-state index contributed by atoms with van der Waals surface area (Å²) in [6.45, 7) is 3.16. The zero-order chi connectivity index (χ0) is 19.3. The van der Waals surface area contributed by atoms with Gasteiger partial charge in [-0.05, 0) is 61.2 Å². The molecule has 0 unspecified atom stereocenters. The number of rotatable bonds is 8. The number of hydrogen-bond acceptors (Lipinski definition) is 5. The lowest BCUT2D eigenvalue weighted by atomic mass is 10.1. The molecule has 3 aromatic rings. The van der Waals surface area contributed by atoms with Gasteiger partial charge in [0.15, 0.2) is 0 Å². The minimum Gasteiger partial charge on any atom is -0.399 e. The van der Waals surface area contributed by atoms with E-state index in [0.717, 1.165) is 29.4 Å². The van der Waals surface area contributed by atoms with Gasteiger partial charge in [0.2, 0.25) is 10.0 Å². The van der Waals surface area contributed by atoms with Gasteiger partial charge in [-0.25, -0.2) is 13.1 Å². The Morgan fingerprint density at radius 3 is 2.63 bits per heavy atom. The molecule has 7 heteroatoms. The minimum atomic E-state index is -3.57. The van der Waals surface area contributed by atoms with Crippen molar-refractivity contribution in [2.45, 2.75) is 24.3 Å². The average Bonchev–Trinajstić information content (AvgIpc) is 2.66. The number of pyridine rings is 1. The third kappa shape index (κ3) is 5.26. The van der Waals surface area contributed by atoms with Crippen molar-refractivity contribution in [1.82, 2.24) is 15.0 Å². The van der Waals surface area contributed by atoms with Gasteiger partial charge < -0.3 is 11.1 Å². The Labute approximate surface area is 159 Å². The molecule has 2 aromatic carbocycles. The second-order valence-corrected chi connectivity index (χ2v) is 8.32.